The van der Waals surface area contributed by atoms with Gasteiger partial charge in [0.1, 0.15) is 0 Å². The molecule has 108 valence electrons. The fraction of sp³-hybridized carbons (Fsp3) is 0.857. The van der Waals surface area contributed by atoms with Gasteiger partial charge in [-0.1, -0.05) is 18.5 Å². The number of aromatic nitrogens is 2. The Balaban J connectivity index is 1.90. The number of rotatable bonds is 6. The van der Waals surface area contributed by atoms with E-state index in [4.69, 9.17) is 15.0 Å². The first-order valence-electron chi connectivity index (χ1n) is 7.32. The molecular weight excluding hydrogens is 242 g/mol. The van der Waals surface area contributed by atoms with Crippen LogP contribution in [0, 0.1) is 5.92 Å². The molecule has 1 aromatic rings. The third-order valence-corrected chi connectivity index (χ3v) is 4.27. The Labute approximate surface area is 114 Å². The maximum atomic E-state index is 5.60. The lowest BCUT2D eigenvalue weighted by molar-refractivity contribution is 0.102. The molecule has 1 aliphatic rings. The van der Waals surface area contributed by atoms with Crippen molar-refractivity contribution in [3.8, 4) is 0 Å². The van der Waals surface area contributed by atoms with Gasteiger partial charge in [-0.25, -0.2) is 0 Å². The number of methoxy groups -OCH3 is 1. The highest BCUT2D eigenvalue weighted by Gasteiger charge is 2.25. The van der Waals surface area contributed by atoms with Crippen molar-refractivity contribution in [1.82, 2.24) is 10.1 Å². The second-order valence-corrected chi connectivity index (χ2v) is 5.47. The lowest BCUT2D eigenvalue weighted by Crippen LogP contribution is -2.24. The van der Waals surface area contributed by atoms with Crippen LogP contribution in [0.5, 0.6) is 0 Å². The molecule has 0 saturated heterocycles. The molecule has 1 atom stereocenters. The number of hydrogen-bond acceptors (Lipinski definition) is 5. The van der Waals surface area contributed by atoms with Gasteiger partial charge in [0.2, 0.25) is 5.89 Å². The summed E-state index contributed by atoms with van der Waals surface area (Å²) < 4.78 is 10.5. The van der Waals surface area contributed by atoms with E-state index in [1.807, 2.05) is 0 Å². The van der Waals surface area contributed by atoms with E-state index in [2.05, 4.69) is 17.1 Å². The molecule has 5 heteroatoms. The molecule has 1 fully saturated rings. The molecule has 5 nitrogen and oxygen atoms in total. The van der Waals surface area contributed by atoms with Crippen molar-refractivity contribution in [3.05, 3.63) is 11.7 Å². The van der Waals surface area contributed by atoms with Crippen LogP contribution in [-0.2, 0) is 11.2 Å². The number of ether oxygens (including phenoxy) is 1. The highest BCUT2D eigenvalue weighted by Crippen LogP contribution is 2.35. The van der Waals surface area contributed by atoms with Gasteiger partial charge in [0.05, 0.1) is 12.5 Å². The summed E-state index contributed by atoms with van der Waals surface area (Å²) in [5, 5.41) is 4.13. The van der Waals surface area contributed by atoms with Crippen molar-refractivity contribution in [2.45, 2.75) is 57.5 Å². The second kappa shape index (κ2) is 7.01. The first kappa shape index (κ1) is 14.5. The van der Waals surface area contributed by atoms with Crippen molar-refractivity contribution >= 4 is 0 Å². The number of hydrogen-bond donors (Lipinski definition) is 1. The van der Waals surface area contributed by atoms with Crippen LogP contribution in [0.2, 0.25) is 0 Å². The van der Waals surface area contributed by atoms with Gasteiger partial charge in [0.25, 0.3) is 0 Å². The molecule has 0 aliphatic heterocycles. The molecule has 2 rings (SSSR count). The van der Waals surface area contributed by atoms with E-state index in [0.29, 0.717) is 24.8 Å². The van der Waals surface area contributed by atoms with Crippen molar-refractivity contribution in [1.29, 1.82) is 0 Å². The van der Waals surface area contributed by atoms with Crippen LogP contribution in [0.25, 0.3) is 0 Å². The van der Waals surface area contributed by atoms with Crippen LogP contribution in [0.3, 0.4) is 0 Å². The zero-order chi connectivity index (χ0) is 13.7. The molecule has 1 aliphatic carbocycles. The van der Waals surface area contributed by atoms with E-state index in [1.54, 1.807) is 7.11 Å². The zero-order valence-corrected chi connectivity index (χ0v) is 12.0. The van der Waals surface area contributed by atoms with Gasteiger partial charge in [-0.2, -0.15) is 4.98 Å². The van der Waals surface area contributed by atoms with Crippen LogP contribution in [-0.4, -0.2) is 29.9 Å². The maximum absolute atomic E-state index is 5.60. The van der Waals surface area contributed by atoms with Gasteiger partial charge < -0.3 is 15.0 Å². The normalized spacial score (nSPS) is 25.4. The smallest absolute Gasteiger partial charge is 0.229 e. The van der Waals surface area contributed by atoms with Gasteiger partial charge in [-0.3, -0.25) is 0 Å². The Morgan fingerprint density at radius 1 is 1.37 bits per heavy atom. The quantitative estimate of drug-likeness (QED) is 0.855. The van der Waals surface area contributed by atoms with Gasteiger partial charge >= 0.3 is 0 Å². The van der Waals surface area contributed by atoms with Crippen LogP contribution in [0.1, 0.15) is 56.7 Å². The molecule has 2 N–H and O–H groups in total. The van der Waals surface area contributed by atoms with Crippen molar-refractivity contribution in [2.75, 3.05) is 13.7 Å². The van der Waals surface area contributed by atoms with E-state index in [1.165, 1.54) is 32.1 Å². The summed E-state index contributed by atoms with van der Waals surface area (Å²) >= 11 is 0. The summed E-state index contributed by atoms with van der Waals surface area (Å²) in [5.74, 6) is 2.87. The molecular formula is C14H25N3O2. The molecule has 0 spiro atoms. The summed E-state index contributed by atoms with van der Waals surface area (Å²) in [7, 11) is 1.65. The van der Waals surface area contributed by atoms with Crippen molar-refractivity contribution < 1.29 is 9.26 Å². The van der Waals surface area contributed by atoms with Crippen LogP contribution in [0.4, 0.5) is 0 Å². The third-order valence-electron chi connectivity index (χ3n) is 4.27. The highest BCUT2D eigenvalue weighted by atomic mass is 16.5. The third kappa shape index (κ3) is 3.76. The second-order valence-electron chi connectivity index (χ2n) is 5.47. The number of nitrogens with two attached hydrogens (primary N) is 1. The SMILES string of the molecule is CCC1CCC(c2noc(CC(CN)OC)n2)CC1. The predicted molar refractivity (Wildman–Crippen MR) is 72.8 cm³/mol. The molecule has 1 aromatic heterocycles. The van der Waals surface area contributed by atoms with E-state index < -0.39 is 0 Å². The van der Waals surface area contributed by atoms with Crippen LogP contribution >= 0.6 is 0 Å². The Bertz CT molecular complexity index is 369. The van der Waals surface area contributed by atoms with Crippen LogP contribution < -0.4 is 5.73 Å². The molecule has 0 bridgehead atoms. The van der Waals surface area contributed by atoms with Gasteiger partial charge in [-0.15, -0.1) is 0 Å². The van der Waals surface area contributed by atoms with Crippen LogP contribution in [0.15, 0.2) is 4.52 Å². The Hall–Kier alpha value is -0.940. The van der Waals surface area contributed by atoms with Gasteiger partial charge in [0, 0.05) is 19.6 Å². The highest BCUT2D eigenvalue weighted by molar-refractivity contribution is 4.98. The Morgan fingerprint density at radius 2 is 2.11 bits per heavy atom. The monoisotopic (exact) mass is 267 g/mol. The lowest BCUT2D eigenvalue weighted by atomic mass is 9.80. The molecule has 0 radical (unpaired) electrons. The molecule has 19 heavy (non-hydrogen) atoms. The van der Waals surface area contributed by atoms with E-state index >= 15 is 0 Å². The zero-order valence-electron chi connectivity index (χ0n) is 12.0. The average Bonchev–Trinajstić information content (AvgIpc) is 2.93. The van der Waals surface area contributed by atoms with Gasteiger partial charge in [-0.05, 0) is 31.6 Å². The molecule has 1 heterocycles. The molecule has 1 saturated carbocycles. The van der Waals surface area contributed by atoms with Gasteiger partial charge in [0.15, 0.2) is 5.82 Å². The summed E-state index contributed by atoms with van der Waals surface area (Å²) in [5.41, 5.74) is 5.60. The summed E-state index contributed by atoms with van der Waals surface area (Å²) in [6.45, 7) is 2.74. The summed E-state index contributed by atoms with van der Waals surface area (Å²) in [4.78, 5) is 4.51. The molecule has 0 amide bonds. The first-order chi connectivity index (χ1) is 9.26. The molecule has 0 aromatic carbocycles. The molecule has 1 unspecified atom stereocenters. The minimum atomic E-state index is -0.0378. The fourth-order valence-electron chi connectivity index (χ4n) is 2.80. The number of nitrogens with zero attached hydrogens (tertiary/aromatic N) is 2. The Morgan fingerprint density at radius 3 is 2.68 bits per heavy atom. The van der Waals surface area contributed by atoms with E-state index in [-0.39, 0.29) is 6.10 Å². The minimum absolute atomic E-state index is 0.0378. The minimum Gasteiger partial charge on any atom is -0.380 e. The fourth-order valence-corrected chi connectivity index (χ4v) is 2.80. The van der Waals surface area contributed by atoms with E-state index in [0.717, 1.165) is 11.7 Å². The lowest BCUT2D eigenvalue weighted by Gasteiger charge is -2.25. The van der Waals surface area contributed by atoms with Crippen molar-refractivity contribution in [2.24, 2.45) is 11.7 Å². The Kier molecular flexibility index (Phi) is 5.34. The summed E-state index contributed by atoms with van der Waals surface area (Å²) in [6.07, 6.45) is 6.79. The first-order valence-corrected chi connectivity index (χ1v) is 7.32. The van der Waals surface area contributed by atoms with Crippen molar-refractivity contribution in [3.63, 3.8) is 0 Å². The topological polar surface area (TPSA) is 74.2 Å². The largest absolute Gasteiger partial charge is 0.380 e. The standard InChI is InChI=1S/C14H25N3O2/c1-3-10-4-6-11(7-5-10)14-16-13(19-17-14)8-12(9-15)18-2/h10-12H,3-9,15H2,1-2H3. The maximum Gasteiger partial charge on any atom is 0.229 e. The average molecular weight is 267 g/mol. The predicted octanol–water partition coefficient (Wildman–Crippen LogP) is 2.27. The summed E-state index contributed by atoms with van der Waals surface area (Å²) in [6, 6.07) is 0. The van der Waals surface area contributed by atoms with E-state index in [9.17, 15) is 0 Å².